The number of ether oxygens (including phenoxy) is 2. The Morgan fingerprint density at radius 3 is 2.62 bits per heavy atom. The molecule has 2 aromatic carbocycles. The zero-order valence-electron chi connectivity index (χ0n) is 15.5. The van der Waals surface area contributed by atoms with Crippen molar-refractivity contribution in [3.63, 3.8) is 0 Å². The van der Waals surface area contributed by atoms with Gasteiger partial charge in [0.25, 0.3) is 0 Å². The number of nitrogens with one attached hydrogen (secondary N) is 1. The fourth-order valence-corrected chi connectivity index (χ4v) is 4.36. The van der Waals surface area contributed by atoms with Crippen molar-refractivity contribution in [2.24, 2.45) is 5.73 Å². The maximum Gasteiger partial charge on any atom is 0.323 e. The van der Waals surface area contributed by atoms with E-state index in [1.165, 1.54) is 0 Å². The standard InChI is InChI=1S/C21H20Br2N2O4/c22-15-9-16(23)20-14(11-25-18(20)10-15)8-17(24)21(27)28-7-6-19(26)29-12-13-4-2-1-3-5-13/h1-5,9-11,17,25H,6-8,12,24H2/t17-/m0/s1. The van der Waals surface area contributed by atoms with Crippen LogP contribution >= 0.6 is 31.9 Å². The summed E-state index contributed by atoms with van der Waals surface area (Å²) in [5, 5.41) is 0.973. The molecule has 0 radical (unpaired) electrons. The first-order valence-electron chi connectivity index (χ1n) is 9.01. The van der Waals surface area contributed by atoms with Gasteiger partial charge in [-0.25, -0.2) is 0 Å². The summed E-state index contributed by atoms with van der Waals surface area (Å²) >= 11 is 6.98. The van der Waals surface area contributed by atoms with E-state index in [1.807, 2.05) is 48.7 Å². The number of hydrogen-bond acceptors (Lipinski definition) is 5. The maximum atomic E-state index is 12.2. The Morgan fingerprint density at radius 2 is 1.86 bits per heavy atom. The first-order valence-corrected chi connectivity index (χ1v) is 10.6. The number of halogens is 2. The zero-order chi connectivity index (χ0) is 20.8. The van der Waals surface area contributed by atoms with E-state index in [2.05, 4.69) is 36.8 Å². The Balaban J connectivity index is 1.45. The Kier molecular flexibility index (Phi) is 7.46. The smallest absolute Gasteiger partial charge is 0.323 e. The minimum atomic E-state index is -0.829. The van der Waals surface area contributed by atoms with Crippen molar-refractivity contribution in [1.82, 2.24) is 4.98 Å². The number of aromatic nitrogens is 1. The molecule has 1 atom stereocenters. The lowest BCUT2D eigenvalue weighted by Gasteiger charge is -2.11. The third-order valence-electron chi connectivity index (χ3n) is 4.31. The molecule has 0 saturated carbocycles. The van der Waals surface area contributed by atoms with E-state index >= 15 is 0 Å². The molecule has 1 aromatic heterocycles. The summed E-state index contributed by atoms with van der Waals surface area (Å²) in [7, 11) is 0. The molecule has 0 spiro atoms. The molecule has 0 aliphatic rings. The largest absolute Gasteiger partial charge is 0.464 e. The number of H-pyrrole nitrogens is 1. The summed E-state index contributed by atoms with van der Waals surface area (Å²) < 4.78 is 12.1. The highest BCUT2D eigenvalue weighted by Crippen LogP contribution is 2.31. The summed E-state index contributed by atoms with van der Waals surface area (Å²) in [5.74, 6) is -0.982. The van der Waals surface area contributed by atoms with Crippen LogP contribution in [0.4, 0.5) is 0 Å². The number of aromatic amines is 1. The second kappa shape index (κ2) is 10.0. The first-order chi connectivity index (χ1) is 13.9. The third-order valence-corrected chi connectivity index (χ3v) is 5.40. The monoisotopic (exact) mass is 522 g/mol. The van der Waals surface area contributed by atoms with Gasteiger partial charge in [-0.1, -0.05) is 62.2 Å². The number of nitrogens with two attached hydrogens (primary N) is 1. The van der Waals surface area contributed by atoms with Crippen LogP contribution in [-0.2, 0) is 32.1 Å². The average Bonchev–Trinajstić information content (AvgIpc) is 3.09. The van der Waals surface area contributed by atoms with Crippen LogP contribution in [0.15, 0.2) is 57.6 Å². The van der Waals surface area contributed by atoms with Gasteiger partial charge in [0.2, 0.25) is 0 Å². The van der Waals surface area contributed by atoms with E-state index < -0.39 is 18.0 Å². The van der Waals surface area contributed by atoms with Gasteiger partial charge in [0.15, 0.2) is 0 Å². The van der Waals surface area contributed by atoms with E-state index in [-0.39, 0.29) is 19.6 Å². The van der Waals surface area contributed by atoms with Gasteiger partial charge < -0.3 is 20.2 Å². The number of rotatable bonds is 8. The van der Waals surface area contributed by atoms with E-state index in [0.29, 0.717) is 6.42 Å². The molecule has 29 heavy (non-hydrogen) atoms. The Morgan fingerprint density at radius 1 is 1.10 bits per heavy atom. The van der Waals surface area contributed by atoms with Gasteiger partial charge in [0, 0.05) is 32.5 Å². The fraction of sp³-hybridized carbons (Fsp3) is 0.238. The molecule has 3 aromatic rings. The molecule has 3 rings (SSSR count). The fourth-order valence-electron chi connectivity index (χ4n) is 2.88. The number of carbonyl (C=O) groups excluding carboxylic acids is 2. The van der Waals surface area contributed by atoms with Crippen molar-refractivity contribution in [2.45, 2.75) is 25.5 Å². The van der Waals surface area contributed by atoms with Crippen molar-refractivity contribution >= 4 is 54.7 Å². The van der Waals surface area contributed by atoms with Gasteiger partial charge in [0.1, 0.15) is 19.3 Å². The zero-order valence-corrected chi connectivity index (χ0v) is 18.7. The SMILES string of the molecule is N[C@@H](Cc1c[nH]c2cc(Br)cc(Br)c12)C(=O)OCCC(=O)OCc1ccccc1. The van der Waals surface area contributed by atoms with E-state index in [1.54, 1.807) is 0 Å². The second-order valence-corrected chi connectivity index (χ2v) is 8.27. The summed E-state index contributed by atoms with van der Waals surface area (Å²) in [6.07, 6.45) is 2.13. The van der Waals surface area contributed by atoms with Crippen LogP contribution < -0.4 is 5.73 Å². The van der Waals surface area contributed by atoms with E-state index in [9.17, 15) is 9.59 Å². The molecule has 0 amide bonds. The van der Waals surface area contributed by atoms with Crippen LogP contribution in [-0.4, -0.2) is 29.6 Å². The lowest BCUT2D eigenvalue weighted by Crippen LogP contribution is -2.34. The first kappa shape index (κ1) is 21.5. The molecule has 0 unspecified atom stereocenters. The van der Waals surface area contributed by atoms with Crippen molar-refractivity contribution in [1.29, 1.82) is 0 Å². The van der Waals surface area contributed by atoms with Crippen molar-refractivity contribution in [3.8, 4) is 0 Å². The predicted molar refractivity (Wildman–Crippen MR) is 117 cm³/mol. The van der Waals surface area contributed by atoms with Gasteiger partial charge in [-0.3, -0.25) is 9.59 Å². The minimum absolute atomic E-state index is 0.0159. The van der Waals surface area contributed by atoms with E-state index in [0.717, 1.165) is 31.0 Å². The Hall–Kier alpha value is -2.16. The second-order valence-electron chi connectivity index (χ2n) is 6.50. The summed E-state index contributed by atoms with van der Waals surface area (Å²) in [5.41, 5.74) is 8.74. The molecule has 152 valence electrons. The normalized spacial score (nSPS) is 12.0. The molecule has 8 heteroatoms. The van der Waals surface area contributed by atoms with Gasteiger partial charge in [-0.15, -0.1) is 0 Å². The lowest BCUT2D eigenvalue weighted by molar-refractivity contribution is -0.150. The van der Waals surface area contributed by atoms with Crippen molar-refractivity contribution in [3.05, 3.63) is 68.7 Å². The van der Waals surface area contributed by atoms with Gasteiger partial charge in [-0.05, 0) is 23.3 Å². The molecular formula is C21H20Br2N2O4. The highest BCUT2D eigenvalue weighted by molar-refractivity contribution is 9.11. The quantitative estimate of drug-likeness (QED) is 0.431. The summed E-state index contributed by atoms with van der Waals surface area (Å²) in [6, 6.07) is 12.4. The van der Waals surface area contributed by atoms with Crippen LogP contribution in [0.5, 0.6) is 0 Å². The Labute approximate surface area is 185 Å². The third kappa shape index (κ3) is 5.91. The van der Waals surface area contributed by atoms with Gasteiger partial charge in [-0.2, -0.15) is 0 Å². The minimum Gasteiger partial charge on any atom is -0.464 e. The Bertz CT molecular complexity index is 1000. The number of hydrogen-bond donors (Lipinski definition) is 2. The van der Waals surface area contributed by atoms with Crippen LogP contribution in [0.1, 0.15) is 17.5 Å². The van der Waals surface area contributed by atoms with Gasteiger partial charge in [0.05, 0.1) is 6.42 Å². The topological polar surface area (TPSA) is 94.4 Å². The molecule has 1 heterocycles. The van der Waals surface area contributed by atoms with E-state index in [4.69, 9.17) is 15.2 Å². The molecule has 0 aliphatic heterocycles. The van der Waals surface area contributed by atoms with Crippen LogP contribution in [0, 0.1) is 0 Å². The average molecular weight is 524 g/mol. The number of esters is 2. The molecular weight excluding hydrogens is 504 g/mol. The van der Waals surface area contributed by atoms with Crippen LogP contribution in [0.2, 0.25) is 0 Å². The summed E-state index contributed by atoms with van der Waals surface area (Å²) in [6.45, 7) is 0.128. The summed E-state index contributed by atoms with van der Waals surface area (Å²) in [4.78, 5) is 27.1. The van der Waals surface area contributed by atoms with Crippen LogP contribution in [0.25, 0.3) is 10.9 Å². The van der Waals surface area contributed by atoms with Crippen LogP contribution in [0.3, 0.4) is 0 Å². The maximum absolute atomic E-state index is 12.2. The lowest BCUT2D eigenvalue weighted by atomic mass is 10.1. The highest BCUT2D eigenvalue weighted by atomic mass is 79.9. The molecule has 0 bridgehead atoms. The number of benzene rings is 2. The molecule has 6 nitrogen and oxygen atoms in total. The molecule has 0 saturated heterocycles. The number of fused-ring (bicyclic) bond motifs is 1. The molecule has 0 aliphatic carbocycles. The van der Waals surface area contributed by atoms with Crippen molar-refractivity contribution < 1.29 is 19.1 Å². The number of carbonyl (C=O) groups is 2. The van der Waals surface area contributed by atoms with Gasteiger partial charge >= 0.3 is 11.9 Å². The highest BCUT2D eigenvalue weighted by Gasteiger charge is 2.19. The molecule has 0 fully saturated rings. The predicted octanol–water partition coefficient (Wildman–Crippen LogP) is 4.24. The molecule has 3 N–H and O–H groups in total. The van der Waals surface area contributed by atoms with Crippen molar-refractivity contribution in [2.75, 3.05) is 6.61 Å².